The van der Waals surface area contributed by atoms with E-state index in [1.165, 1.54) is 0 Å². The normalized spacial score (nSPS) is 11.4. The fraction of sp³-hybridized carbons (Fsp3) is 0. The van der Waals surface area contributed by atoms with E-state index >= 15 is 0 Å². The summed E-state index contributed by atoms with van der Waals surface area (Å²) in [5, 5.41) is -0.715. The Hall–Kier alpha value is -1.14. The highest BCUT2D eigenvalue weighted by Crippen LogP contribution is 2.13. The third-order valence-corrected chi connectivity index (χ3v) is 1.82. The molecule has 0 unspecified atom stereocenters. The van der Waals surface area contributed by atoms with Gasteiger partial charge in [0.2, 0.25) is 0 Å². The molecule has 1 heterocycles. The van der Waals surface area contributed by atoms with Crippen molar-refractivity contribution >= 4 is 16.4 Å². The minimum absolute atomic E-state index is 0.187. The molecule has 6 heteroatoms. The van der Waals surface area contributed by atoms with Gasteiger partial charge >= 0.3 is 10.1 Å². The van der Waals surface area contributed by atoms with E-state index in [9.17, 15) is 13.2 Å². The van der Waals surface area contributed by atoms with E-state index < -0.39 is 15.2 Å². The Balaban J connectivity index is 3.35. The monoisotopic (exact) mass is 176 g/mol. The SMILES string of the molecule is O=Cc1ccoc1S(=O)(=O)O. The first-order valence-electron chi connectivity index (χ1n) is 2.56. The van der Waals surface area contributed by atoms with Crippen molar-refractivity contribution in [2.24, 2.45) is 0 Å². The van der Waals surface area contributed by atoms with E-state index in [-0.39, 0.29) is 11.8 Å². The summed E-state index contributed by atoms with van der Waals surface area (Å²) in [6.45, 7) is 0. The zero-order chi connectivity index (χ0) is 8.48. The van der Waals surface area contributed by atoms with E-state index in [4.69, 9.17) is 4.55 Å². The standard InChI is InChI=1S/C5H4O5S/c6-3-4-1-2-10-5(4)11(7,8)9/h1-3H,(H,7,8,9). The van der Waals surface area contributed by atoms with Gasteiger partial charge in [0.1, 0.15) is 0 Å². The van der Waals surface area contributed by atoms with Gasteiger partial charge in [-0.05, 0) is 6.07 Å². The van der Waals surface area contributed by atoms with Gasteiger partial charge < -0.3 is 4.42 Å². The van der Waals surface area contributed by atoms with Crippen LogP contribution in [0.1, 0.15) is 10.4 Å². The summed E-state index contributed by atoms with van der Waals surface area (Å²) >= 11 is 0. The second-order valence-electron chi connectivity index (χ2n) is 1.76. The van der Waals surface area contributed by atoms with Crippen LogP contribution < -0.4 is 0 Å². The highest BCUT2D eigenvalue weighted by atomic mass is 32.2. The highest BCUT2D eigenvalue weighted by Gasteiger charge is 2.18. The smallest absolute Gasteiger partial charge is 0.328 e. The van der Waals surface area contributed by atoms with Crippen LogP contribution in [0.15, 0.2) is 21.8 Å². The summed E-state index contributed by atoms with van der Waals surface area (Å²) in [7, 11) is -4.40. The molecule has 60 valence electrons. The van der Waals surface area contributed by atoms with Gasteiger partial charge in [-0.1, -0.05) is 0 Å². The molecule has 0 amide bonds. The maximum Gasteiger partial charge on any atom is 0.328 e. The molecule has 5 nitrogen and oxygen atoms in total. The highest BCUT2D eigenvalue weighted by molar-refractivity contribution is 7.85. The molecule has 1 N–H and O–H groups in total. The van der Waals surface area contributed by atoms with Crippen LogP contribution in [0.5, 0.6) is 0 Å². The van der Waals surface area contributed by atoms with Crippen molar-refractivity contribution in [1.82, 2.24) is 0 Å². The van der Waals surface area contributed by atoms with E-state index in [0.717, 1.165) is 12.3 Å². The molecule has 0 spiro atoms. The van der Waals surface area contributed by atoms with Gasteiger partial charge in [0.15, 0.2) is 6.29 Å². The average Bonchev–Trinajstić information content (AvgIpc) is 2.31. The van der Waals surface area contributed by atoms with Gasteiger partial charge in [0.05, 0.1) is 11.8 Å². The lowest BCUT2D eigenvalue weighted by Crippen LogP contribution is -1.98. The number of rotatable bonds is 2. The predicted molar refractivity (Wildman–Crippen MR) is 33.9 cm³/mol. The molecule has 0 aliphatic heterocycles. The minimum atomic E-state index is -4.40. The van der Waals surface area contributed by atoms with Crippen LogP contribution in [0.4, 0.5) is 0 Å². The van der Waals surface area contributed by atoms with Crippen LogP contribution in [-0.2, 0) is 10.1 Å². The van der Waals surface area contributed by atoms with E-state index in [1.807, 2.05) is 0 Å². The number of hydrogen-bond donors (Lipinski definition) is 1. The summed E-state index contributed by atoms with van der Waals surface area (Å²) in [5.41, 5.74) is -0.187. The molecule has 0 atom stereocenters. The van der Waals surface area contributed by atoms with Crippen LogP contribution in [0, 0.1) is 0 Å². The number of carbonyl (C=O) groups is 1. The lowest BCUT2D eigenvalue weighted by molar-refractivity contribution is 0.111. The summed E-state index contributed by atoms with van der Waals surface area (Å²) < 4.78 is 33.5. The van der Waals surface area contributed by atoms with Gasteiger partial charge in [-0.3, -0.25) is 9.35 Å². The molecule has 0 saturated heterocycles. The van der Waals surface area contributed by atoms with Crippen LogP contribution in [0.25, 0.3) is 0 Å². The molecule has 1 rings (SSSR count). The lowest BCUT2D eigenvalue weighted by atomic mass is 10.4. The van der Waals surface area contributed by atoms with Gasteiger partial charge in [-0.25, -0.2) is 0 Å². The number of hydrogen-bond acceptors (Lipinski definition) is 4. The molecule has 0 fully saturated rings. The van der Waals surface area contributed by atoms with Crippen molar-refractivity contribution in [2.45, 2.75) is 5.09 Å². The second-order valence-corrected chi connectivity index (χ2v) is 3.08. The van der Waals surface area contributed by atoms with Crippen LogP contribution in [0.3, 0.4) is 0 Å². The molecule has 0 aromatic carbocycles. The Morgan fingerprint density at radius 1 is 1.55 bits per heavy atom. The molecular weight excluding hydrogens is 172 g/mol. The fourth-order valence-corrected chi connectivity index (χ4v) is 1.19. The lowest BCUT2D eigenvalue weighted by Gasteiger charge is -1.89. The second kappa shape index (κ2) is 2.48. The predicted octanol–water partition coefficient (Wildman–Crippen LogP) is 0.339. The number of furan rings is 1. The van der Waals surface area contributed by atoms with Gasteiger partial charge in [0, 0.05) is 0 Å². The van der Waals surface area contributed by atoms with Gasteiger partial charge in [-0.15, -0.1) is 0 Å². The largest absolute Gasteiger partial charge is 0.450 e. The van der Waals surface area contributed by atoms with E-state index in [1.54, 1.807) is 0 Å². The van der Waals surface area contributed by atoms with Gasteiger partial charge in [-0.2, -0.15) is 8.42 Å². The Morgan fingerprint density at radius 2 is 2.18 bits per heavy atom. The molecule has 1 aromatic heterocycles. The zero-order valence-corrected chi connectivity index (χ0v) is 6.04. The van der Waals surface area contributed by atoms with Crippen molar-refractivity contribution in [3.63, 3.8) is 0 Å². The topological polar surface area (TPSA) is 84.6 Å². The van der Waals surface area contributed by atoms with Crippen molar-refractivity contribution in [2.75, 3.05) is 0 Å². The first-order valence-corrected chi connectivity index (χ1v) is 4.00. The third kappa shape index (κ3) is 1.47. The molecule has 0 radical (unpaired) electrons. The van der Waals surface area contributed by atoms with E-state index in [2.05, 4.69) is 4.42 Å². The third-order valence-electron chi connectivity index (χ3n) is 1.02. The average molecular weight is 176 g/mol. The molecule has 0 aliphatic carbocycles. The summed E-state index contributed by atoms with van der Waals surface area (Å²) in [6, 6.07) is 1.15. The maximum atomic E-state index is 10.4. The van der Waals surface area contributed by atoms with Crippen molar-refractivity contribution in [3.05, 3.63) is 17.9 Å². The summed E-state index contributed by atoms with van der Waals surface area (Å²) in [6.07, 6.45) is 1.29. The summed E-state index contributed by atoms with van der Waals surface area (Å²) in [5.74, 6) is 0. The molecule has 0 bridgehead atoms. The first-order chi connectivity index (χ1) is 5.05. The van der Waals surface area contributed by atoms with E-state index in [0.29, 0.717) is 0 Å². The fourth-order valence-electron chi connectivity index (χ4n) is 0.602. The number of carbonyl (C=O) groups excluding carboxylic acids is 1. The van der Waals surface area contributed by atoms with Crippen molar-refractivity contribution in [3.8, 4) is 0 Å². The van der Waals surface area contributed by atoms with Crippen LogP contribution in [0.2, 0.25) is 0 Å². The molecule has 1 aromatic rings. The van der Waals surface area contributed by atoms with Crippen molar-refractivity contribution in [1.29, 1.82) is 0 Å². The Morgan fingerprint density at radius 3 is 2.55 bits per heavy atom. The molecule has 11 heavy (non-hydrogen) atoms. The van der Waals surface area contributed by atoms with Crippen LogP contribution >= 0.6 is 0 Å². The van der Waals surface area contributed by atoms with Gasteiger partial charge in [0.25, 0.3) is 5.09 Å². The molecule has 0 aliphatic rings. The Kier molecular flexibility index (Phi) is 1.79. The minimum Gasteiger partial charge on any atom is -0.450 e. The van der Waals surface area contributed by atoms with Crippen molar-refractivity contribution < 1.29 is 22.2 Å². The Labute approximate surface area is 62.4 Å². The number of aldehydes is 1. The maximum absolute atomic E-state index is 10.4. The first kappa shape index (κ1) is 7.96. The molecular formula is C5H4O5S. The zero-order valence-electron chi connectivity index (χ0n) is 5.22. The quantitative estimate of drug-likeness (QED) is 0.518. The Bertz CT molecular complexity index is 360. The summed E-state index contributed by atoms with van der Waals surface area (Å²) in [4.78, 5) is 10.1. The molecule has 0 saturated carbocycles. The van der Waals surface area contributed by atoms with Crippen LogP contribution in [-0.4, -0.2) is 19.3 Å².